The molecule has 0 atom stereocenters. The van der Waals surface area contributed by atoms with E-state index in [1.807, 2.05) is 6.07 Å². The maximum atomic E-state index is 11.5. The number of amides is 1. The summed E-state index contributed by atoms with van der Waals surface area (Å²) in [5, 5.41) is 9.54. The summed E-state index contributed by atoms with van der Waals surface area (Å²) in [5.41, 5.74) is 3.54. The first-order valence-electron chi connectivity index (χ1n) is 9.91. The fourth-order valence-corrected chi connectivity index (χ4v) is 3.15. The molecule has 1 amide bonds. The van der Waals surface area contributed by atoms with Crippen LogP contribution in [0.25, 0.3) is 0 Å². The quantitative estimate of drug-likeness (QED) is 0.508. The molecule has 1 saturated heterocycles. The lowest BCUT2D eigenvalue weighted by atomic mass is 10.1. The van der Waals surface area contributed by atoms with Crippen LogP contribution in [0.3, 0.4) is 0 Å². The number of aliphatic imine (C=N–C) groups is 1. The van der Waals surface area contributed by atoms with Gasteiger partial charge in [0.25, 0.3) is 0 Å². The summed E-state index contributed by atoms with van der Waals surface area (Å²) in [6.07, 6.45) is 0.962. The van der Waals surface area contributed by atoms with Crippen LogP contribution in [0.5, 0.6) is 0 Å². The van der Waals surface area contributed by atoms with Crippen LogP contribution in [0.2, 0.25) is 0 Å². The number of hydrogen-bond donors (Lipinski definition) is 3. The first-order chi connectivity index (χ1) is 13.7. The van der Waals surface area contributed by atoms with E-state index in [1.54, 1.807) is 0 Å². The zero-order chi connectivity index (χ0) is 19.6. The molecule has 1 aliphatic rings. The number of nitrogens with one attached hydrogen (secondary N) is 3. The van der Waals surface area contributed by atoms with Gasteiger partial charge >= 0.3 is 0 Å². The third-order valence-electron chi connectivity index (χ3n) is 4.65. The molecule has 3 N–H and O–H groups in total. The van der Waals surface area contributed by atoms with Crippen LogP contribution in [0.1, 0.15) is 18.1 Å². The van der Waals surface area contributed by atoms with E-state index in [9.17, 15) is 4.79 Å². The Balaban J connectivity index is 1.52. The van der Waals surface area contributed by atoms with Crippen molar-refractivity contribution >= 4 is 17.6 Å². The molecule has 0 spiro atoms. The maximum Gasteiger partial charge on any atom is 0.239 e. The van der Waals surface area contributed by atoms with Crippen molar-refractivity contribution in [3.63, 3.8) is 0 Å². The fraction of sp³-hybridized carbons (Fsp3) is 0.364. The Labute approximate surface area is 167 Å². The van der Waals surface area contributed by atoms with Crippen molar-refractivity contribution in [2.24, 2.45) is 4.99 Å². The second-order valence-corrected chi connectivity index (χ2v) is 6.80. The number of carbonyl (C=O) groups excluding carboxylic acids is 1. The summed E-state index contributed by atoms with van der Waals surface area (Å²) < 4.78 is 0. The van der Waals surface area contributed by atoms with Gasteiger partial charge in [0.1, 0.15) is 0 Å². The maximum absolute atomic E-state index is 11.5. The Bertz CT molecular complexity index is 773. The smallest absolute Gasteiger partial charge is 0.239 e. The van der Waals surface area contributed by atoms with Gasteiger partial charge in [-0.25, -0.2) is 4.99 Å². The van der Waals surface area contributed by atoms with Gasteiger partial charge in [-0.05, 0) is 36.6 Å². The highest BCUT2D eigenvalue weighted by molar-refractivity contribution is 5.82. The van der Waals surface area contributed by atoms with Gasteiger partial charge in [-0.15, -0.1) is 0 Å². The molecular weight excluding hydrogens is 350 g/mol. The van der Waals surface area contributed by atoms with Crippen LogP contribution in [-0.4, -0.2) is 44.6 Å². The second kappa shape index (κ2) is 10.3. The zero-order valence-electron chi connectivity index (χ0n) is 16.4. The van der Waals surface area contributed by atoms with E-state index in [4.69, 9.17) is 0 Å². The standard InChI is InChI=1S/C22H29N5O/c1-2-23-22(25-13-12-18-6-4-3-5-7-18)26-16-19-8-10-20(11-9-19)27-15-14-24-21(28)17-27/h3-11H,2,12-17H2,1H3,(H,24,28)(H2,23,25,26). The van der Waals surface area contributed by atoms with E-state index < -0.39 is 0 Å². The van der Waals surface area contributed by atoms with Crippen molar-refractivity contribution in [2.45, 2.75) is 19.9 Å². The van der Waals surface area contributed by atoms with Gasteiger partial charge in [-0.2, -0.15) is 0 Å². The summed E-state index contributed by atoms with van der Waals surface area (Å²) in [6.45, 7) is 6.32. The molecule has 1 aliphatic heterocycles. The van der Waals surface area contributed by atoms with Gasteiger partial charge in [0.2, 0.25) is 5.91 Å². The molecule has 0 radical (unpaired) electrons. The lowest BCUT2D eigenvalue weighted by Crippen LogP contribution is -2.47. The van der Waals surface area contributed by atoms with E-state index in [1.165, 1.54) is 5.56 Å². The highest BCUT2D eigenvalue weighted by atomic mass is 16.2. The van der Waals surface area contributed by atoms with Gasteiger partial charge in [-0.3, -0.25) is 4.79 Å². The molecule has 148 valence electrons. The topological polar surface area (TPSA) is 68.8 Å². The molecule has 6 heteroatoms. The molecule has 2 aromatic carbocycles. The Kier molecular flexibility index (Phi) is 7.29. The summed E-state index contributed by atoms with van der Waals surface area (Å²) in [7, 11) is 0. The molecule has 2 aromatic rings. The van der Waals surface area contributed by atoms with Gasteiger partial charge in [0.05, 0.1) is 13.1 Å². The largest absolute Gasteiger partial charge is 0.360 e. The van der Waals surface area contributed by atoms with Gasteiger partial charge in [0.15, 0.2) is 5.96 Å². The SMILES string of the molecule is CCNC(=NCc1ccc(N2CCNC(=O)C2)cc1)NCCc1ccccc1. The molecule has 0 aromatic heterocycles. The first-order valence-corrected chi connectivity index (χ1v) is 9.91. The van der Waals surface area contributed by atoms with E-state index >= 15 is 0 Å². The van der Waals surface area contributed by atoms with E-state index in [-0.39, 0.29) is 5.91 Å². The molecule has 0 unspecified atom stereocenters. The molecular formula is C22H29N5O. The lowest BCUT2D eigenvalue weighted by molar-refractivity contribution is -0.120. The molecule has 0 saturated carbocycles. The number of benzene rings is 2. The summed E-state index contributed by atoms with van der Waals surface area (Å²) in [6, 6.07) is 18.7. The Morgan fingerprint density at radius 2 is 1.86 bits per heavy atom. The average Bonchev–Trinajstić information content (AvgIpc) is 2.73. The van der Waals surface area contributed by atoms with Crippen molar-refractivity contribution in [1.29, 1.82) is 0 Å². The van der Waals surface area contributed by atoms with Gasteiger partial charge < -0.3 is 20.9 Å². The lowest BCUT2D eigenvalue weighted by Gasteiger charge is -2.28. The fourth-order valence-electron chi connectivity index (χ4n) is 3.15. The number of piperazine rings is 1. The number of carbonyl (C=O) groups is 1. The molecule has 6 nitrogen and oxygen atoms in total. The highest BCUT2D eigenvalue weighted by Gasteiger charge is 2.16. The number of rotatable bonds is 7. The third-order valence-corrected chi connectivity index (χ3v) is 4.65. The van der Waals surface area contributed by atoms with Crippen LogP contribution < -0.4 is 20.9 Å². The predicted molar refractivity (Wildman–Crippen MR) is 115 cm³/mol. The minimum Gasteiger partial charge on any atom is -0.360 e. The number of guanidine groups is 1. The molecule has 3 rings (SSSR count). The summed E-state index contributed by atoms with van der Waals surface area (Å²) in [4.78, 5) is 18.3. The predicted octanol–water partition coefficient (Wildman–Crippen LogP) is 1.92. The molecule has 0 bridgehead atoms. The van der Waals surface area contributed by atoms with E-state index in [2.05, 4.69) is 81.3 Å². The van der Waals surface area contributed by atoms with Crippen LogP contribution in [0, 0.1) is 0 Å². The van der Waals surface area contributed by atoms with E-state index in [0.29, 0.717) is 19.6 Å². The van der Waals surface area contributed by atoms with Gasteiger partial charge in [-0.1, -0.05) is 42.5 Å². The van der Waals surface area contributed by atoms with Crippen molar-refractivity contribution < 1.29 is 4.79 Å². The molecule has 28 heavy (non-hydrogen) atoms. The Morgan fingerprint density at radius 3 is 2.57 bits per heavy atom. The molecule has 1 fully saturated rings. The van der Waals surface area contributed by atoms with Crippen molar-refractivity contribution in [2.75, 3.05) is 37.6 Å². The monoisotopic (exact) mass is 379 g/mol. The molecule has 1 heterocycles. The number of nitrogens with zero attached hydrogens (tertiary/aromatic N) is 2. The van der Waals surface area contributed by atoms with Crippen LogP contribution in [0.4, 0.5) is 5.69 Å². The summed E-state index contributed by atoms with van der Waals surface area (Å²) in [5.74, 6) is 0.909. The molecule has 0 aliphatic carbocycles. The number of anilines is 1. The van der Waals surface area contributed by atoms with Crippen molar-refractivity contribution in [3.8, 4) is 0 Å². The average molecular weight is 380 g/mol. The minimum absolute atomic E-state index is 0.0804. The Hall–Kier alpha value is -3.02. The Morgan fingerprint density at radius 1 is 1.07 bits per heavy atom. The van der Waals surface area contributed by atoms with Crippen molar-refractivity contribution in [3.05, 3.63) is 65.7 Å². The van der Waals surface area contributed by atoms with Crippen molar-refractivity contribution in [1.82, 2.24) is 16.0 Å². The van der Waals surface area contributed by atoms with E-state index in [0.717, 1.165) is 43.3 Å². The summed E-state index contributed by atoms with van der Waals surface area (Å²) >= 11 is 0. The van der Waals surface area contributed by atoms with Crippen LogP contribution in [0.15, 0.2) is 59.6 Å². The van der Waals surface area contributed by atoms with Crippen LogP contribution >= 0.6 is 0 Å². The second-order valence-electron chi connectivity index (χ2n) is 6.80. The van der Waals surface area contributed by atoms with Crippen LogP contribution in [-0.2, 0) is 17.8 Å². The number of hydrogen-bond acceptors (Lipinski definition) is 3. The normalized spacial score (nSPS) is 14.5. The van der Waals surface area contributed by atoms with Gasteiger partial charge in [0, 0.05) is 31.9 Å². The zero-order valence-corrected chi connectivity index (χ0v) is 16.4. The third kappa shape index (κ3) is 6.01. The highest BCUT2D eigenvalue weighted by Crippen LogP contribution is 2.16. The minimum atomic E-state index is 0.0804. The first kappa shape index (κ1) is 19.7.